The molecule has 0 unspecified atom stereocenters. The molecule has 8 heteroatoms. The topological polar surface area (TPSA) is 128 Å². The van der Waals surface area contributed by atoms with Crippen molar-refractivity contribution in [3.63, 3.8) is 0 Å². The number of carboxylic acid groups (broad SMARTS) is 1. The van der Waals surface area contributed by atoms with Crippen LogP contribution >= 0.6 is 0 Å². The molecule has 8 nitrogen and oxygen atoms in total. The monoisotopic (exact) mass is 338 g/mol. The van der Waals surface area contributed by atoms with Crippen LogP contribution in [0.2, 0.25) is 0 Å². The molecule has 24 heavy (non-hydrogen) atoms. The Labute approximate surface area is 139 Å². The highest BCUT2D eigenvalue weighted by Gasteiger charge is 2.36. The molecule has 0 radical (unpaired) electrons. The number of benzene rings is 1. The third-order valence-electron chi connectivity index (χ3n) is 2.79. The molecule has 0 fully saturated rings. The van der Waals surface area contributed by atoms with Gasteiger partial charge in [0.1, 0.15) is 18.2 Å². The Bertz CT molecular complexity index is 582. The fourth-order valence-corrected chi connectivity index (χ4v) is 1.69. The molecule has 1 rings (SSSR count). The lowest BCUT2D eigenvalue weighted by Crippen LogP contribution is -2.57. The Morgan fingerprint density at radius 1 is 1.21 bits per heavy atom. The molecular weight excluding hydrogens is 316 g/mol. The summed E-state index contributed by atoms with van der Waals surface area (Å²) in [4.78, 5) is 35.0. The molecule has 0 bridgehead atoms. The molecule has 2 atom stereocenters. The van der Waals surface area contributed by atoms with Crippen LogP contribution in [0, 0.1) is 0 Å². The third-order valence-corrected chi connectivity index (χ3v) is 2.79. The number of carbonyl (C=O) groups is 3. The maximum absolute atomic E-state index is 12.1. The summed E-state index contributed by atoms with van der Waals surface area (Å²) < 4.78 is 10.0. The highest BCUT2D eigenvalue weighted by atomic mass is 16.6. The van der Waals surface area contributed by atoms with Gasteiger partial charge in [0, 0.05) is 0 Å². The van der Waals surface area contributed by atoms with Crippen LogP contribution in [-0.2, 0) is 25.7 Å². The van der Waals surface area contributed by atoms with Gasteiger partial charge in [-0.3, -0.25) is 4.79 Å². The van der Waals surface area contributed by atoms with Crippen LogP contribution in [0.5, 0.6) is 0 Å². The van der Waals surface area contributed by atoms with Crippen molar-refractivity contribution < 1.29 is 29.0 Å². The van der Waals surface area contributed by atoms with E-state index in [1.165, 1.54) is 0 Å². The molecule has 0 aliphatic heterocycles. The Hall–Kier alpha value is -2.61. The van der Waals surface area contributed by atoms with E-state index >= 15 is 0 Å². The van der Waals surface area contributed by atoms with Crippen molar-refractivity contribution in [2.45, 2.75) is 45.1 Å². The van der Waals surface area contributed by atoms with Gasteiger partial charge in [-0.05, 0) is 26.3 Å². The number of rotatable bonds is 6. The van der Waals surface area contributed by atoms with Crippen molar-refractivity contribution in [2.24, 2.45) is 5.73 Å². The van der Waals surface area contributed by atoms with Gasteiger partial charge in [0.2, 0.25) is 0 Å². The number of hydrogen-bond donors (Lipinski definition) is 3. The van der Waals surface area contributed by atoms with Gasteiger partial charge in [-0.25, -0.2) is 9.59 Å². The summed E-state index contributed by atoms with van der Waals surface area (Å²) in [6.45, 7) is 4.81. The third kappa shape index (κ3) is 6.66. The number of nitrogens with one attached hydrogen (secondary N) is 1. The average Bonchev–Trinajstić information content (AvgIpc) is 2.49. The largest absolute Gasteiger partial charge is 0.480 e. The van der Waals surface area contributed by atoms with Crippen molar-refractivity contribution in [3.05, 3.63) is 35.9 Å². The molecule has 132 valence electrons. The lowest BCUT2D eigenvalue weighted by molar-refractivity contribution is -0.160. The summed E-state index contributed by atoms with van der Waals surface area (Å²) >= 11 is 0. The van der Waals surface area contributed by atoms with Gasteiger partial charge < -0.3 is 25.6 Å². The Balaban J connectivity index is 2.71. The van der Waals surface area contributed by atoms with Crippen LogP contribution in [0.25, 0.3) is 0 Å². The Kier molecular flexibility index (Phi) is 6.72. The zero-order valence-corrected chi connectivity index (χ0v) is 13.8. The maximum Gasteiger partial charge on any atom is 0.408 e. The molecule has 1 amide bonds. The lowest BCUT2D eigenvalue weighted by atomic mass is 10.1. The molecule has 0 aliphatic carbocycles. The number of alkyl carbamates (subject to hydrolysis) is 1. The first-order valence-electron chi connectivity index (χ1n) is 7.28. The van der Waals surface area contributed by atoms with Gasteiger partial charge in [-0.15, -0.1) is 0 Å². The van der Waals surface area contributed by atoms with Gasteiger partial charge in [0.15, 0.2) is 6.04 Å². The summed E-state index contributed by atoms with van der Waals surface area (Å²) in [7, 11) is 0. The Morgan fingerprint density at radius 2 is 1.79 bits per heavy atom. The standard InChI is InChI=1S/C16H22N2O6/c1-16(2,3)24-14(21)12(11(17)13(19)20)18-15(22)23-9-10-7-5-4-6-8-10/h4-8,11-12H,9,17H2,1-3H3,(H,18,22)(H,19,20)/t11-,12+/m1/s1. The second kappa shape index (κ2) is 8.30. The number of hydrogen-bond acceptors (Lipinski definition) is 6. The number of carboxylic acids is 1. The average molecular weight is 338 g/mol. The van der Waals surface area contributed by atoms with Crippen molar-refractivity contribution in [1.82, 2.24) is 5.32 Å². The van der Waals surface area contributed by atoms with E-state index in [9.17, 15) is 14.4 Å². The van der Waals surface area contributed by atoms with Crippen molar-refractivity contribution in [1.29, 1.82) is 0 Å². The molecule has 1 aromatic rings. The Morgan fingerprint density at radius 3 is 2.29 bits per heavy atom. The fraction of sp³-hybridized carbons (Fsp3) is 0.438. The first-order valence-corrected chi connectivity index (χ1v) is 7.28. The summed E-state index contributed by atoms with van der Waals surface area (Å²) in [6.07, 6.45) is -0.966. The normalized spacial score (nSPS) is 13.5. The van der Waals surface area contributed by atoms with Crippen molar-refractivity contribution in [3.8, 4) is 0 Å². The fourth-order valence-electron chi connectivity index (χ4n) is 1.69. The van der Waals surface area contributed by atoms with E-state index in [4.69, 9.17) is 20.3 Å². The number of nitrogens with two attached hydrogens (primary N) is 1. The predicted molar refractivity (Wildman–Crippen MR) is 85.0 cm³/mol. The second-order valence-electron chi connectivity index (χ2n) is 6.08. The van der Waals surface area contributed by atoms with E-state index in [1.807, 2.05) is 6.07 Å². The molecular formula is C16H22N2O6. The van der Waals surface area contributed by atoms with E-state index < -0.39 is 35.7 Å². The first kappa shape index (κ1) is 19.4. The zero-order chi connectivity index (χ0) is 18.3. The van der Waals surface area contributed by atoms with Crippen LogP contribution in [0.3, 0.4) is 0 Å². The zero-order valence-electron chi connectivity index (χ0n) is 13.8. The molecule has 0 saturated carbocycles. The summed E-state index contributed by atoms with van der Waals surface area (Å²) in [6, 6.07) is 5.65. The SMILES string of the molecule is CC(C)(C)OC(=O)[C@@H](NC(=O)OCc1ccccc1)[C@@H](N)C(=O)O. The summed E-state index contributed by atoms with van der Waals surface area (Å²) in [5, 5.41) is 11.1. The van der Waals surface area contributed by atoms with Crippen LogP contribution < -0.4 is 11.1 Å². The van der Waals surface area contributed by atoms with Crippen LogP contribution in [-0.4, -0.2) is 40.8 Å². The van der Waals surface area contributed by atoms with Crippen LogP contribution in [0.4, 0.5) is 4.79 Å². The van der Waals surface area contributed by atoms with E-state index in [0.29, 0.717) is 0 Å². The predicted octanol–water partition coefficient (Wildman–Crippen LogP) is 1.03. The summed E-state index contributed by atoms with van der Waals surface area (Å²) in [5.74, 6) is -2.40. The van der Waals surface area contributed by atoms with Gasteiger partial charge >= 0.3 is 18.0 Å². The first-order chi connectivity index (χ1) is 11.1. The number of aliphatic carboxylic acids is 1. The van der Waals surface area contributed by atoms with Crippen molar-refractivity contribution in [2.75, 3.05) is 0 Å². The minimum Gasteiger partial charge on any atom is -0.480 e. The molecule has 0 saturated heterocycles. The molecule has 1 aromatic carbocycles. The smallest absolute Gasteiger partial charge is 0.408 e. The minimum absolute atomic E-state index is 0.0317. The molecule has 0 heterocycles. The number of ether oxygens (including phenoxy) is 2. The highest BCUT2D eigenvalue weighted by molar-refractivity contribution is 5.89. The summed E-state index contributed by atoms with van der Waals surface area (Å²) in [5.41, 5.74) is 5.35. The second-order valence-corrected chi connectivity index (χ2v) is 6.08. The van der Waals surface area contributed by atoms with E-state index in [1.54, 1.807) is 45.0 Å². The van der Waals surface area contributed by atoms with Gasteiger partial charge in [0.05, 0.1) is 0 Å². The minimum atomic E-state index is -1.66. The van der Waals surface area contributed by atoms with Crippen LogP contribution in [0.1, 0.15) is 26.3 Å². The van der Waals surface area contributed by atoms with E-state index in [2.05, 4.69) is 5.32 Å². The quantitative estimate of drug-likeness (QED) is 0.661. The van der Waals surface area contributed by atoms with E-state index in [-0.39, 0.29) is 6.61 Å². The lowest BCUT2D eigenvalue weighted by Gasteiger charge is -2.26. The van der Waals surface area contributed by atoms with E-state index in [0.717, 1.165) is 5.56 Å². The maximum atomic E-state index is 12.1. The molecule has 0 spiro atoms. The molecule has 0 aliphatic rings. The van der Waals surface area contributed by atoms with Gasteiger partial charge in [-0.1, -0.05) is 30.3 Å². The van der Waals surface area contributed by atoms with Crippen molar-refractivity contribution >= 4 is 18.0 Å². The number of esters is 1. The highest BCUT2D eigenvalue weighted by Crippen LogP contribution is 2.10. The molecule has 4 N–H and O–H groups in total. The number of amides is 1. The van der Waals surface area contributed by atoms with Gasteiger partial charge in [-0.2, -0.15) is 0 Å². The van der Waals surface area contributed by atoms with Gasteiger partial charge in [0.25, 0.3) is 0 Å². The number of carbonyl (C=O) groups excluding carboxylic acids is 2. The molecule has 0 aromatic heterocycles. The van der Waals surface area contributed by atoms with Crippen LogP contribution in [0.15, 0.2) is 30.3 Å².